The molecule has 0 radical (unpaired) electrons. The lowest BCUT2D eigenvalue weighted by Crippen LogP contribution is -2.32. The van der Waals surface area contributed by atoms with Gasteiger partial charge in [-0.05, 0) is 55.9 Å². The summed E-state index contributed by atoms with van der Waals surface area (Å²) >= 11 is 0. The van der Waals surface area contributed by atoms with Crippen molar-refractivity contribution in [2.24, 2.45) is 17.3 Å². The molecule has 0 unspecified atom stereocenters. The lowest BCUT2D eigenvalue weighted by molar-refractivity contribution is 0.127. The molecule has 1 aliphatic rings. The molecule has 0 aromatic carbocycles. The molecule has 1 rings (SSSR count). The van der Waals surface area contributed by atoms with Crippen molar-refractivity contribution in [1.82, 2.24) is 5.32 Å². The average Bonchev–Trinajstić information content (AvgIpc) is 2.37. The fourth-order valence-electron chi connectivity index (χ4n) is 3.03. The molecule has 0 atom stereocenters. The topological polar surface area (TPSA) is 21.3 Å². The highest BCUT2D eigenvalue weighted by Gasteiger charge is 2.29. The van der Waals surface area contributed by atoms with Crippen LogP contribution in [-0.2, 0) is 4.74 Å². The lowest BCUT2D eigenvalue weighted by Gasteiger charge is -2.37. The Hall–Kier alpha value is -0.0800. The van der Waals surface area contributed by atoms with Gasteiger partial charge in [0.1, 0.15) is 0 Å². The fourth-order valence-corrected chi connectivity index (χ4v) is 3.03. The van der Waals surface area contributed by atoms with Gasteiger partial charge in [0.25, 0.3) is 0 Å². The number of hydrogen-bond donors (Lipinski definition) is 1. The molecule has 114 valence electrons. The molecule has 1 saturated carbocycles. The van der Waals surface area contributed by atoms with Crippen LogP contribution in [0.25, 0.3) is 0 Å². The van der Waals surface area contributed by atoms with E-state index in [1.807, 2.05) is 0 Å². The zero-order valence-electron chi connectivity index (χ0n) is 13.6. The van der Waals surface area contributed by atoms with Crippen molar-refractivity contribution in [3.8, 4) is 0 Å². The molecule has 0 heterocycles. The summed E-state index contributed by atoms with van der Waals surface area (Å²) in [5.74, 6) is 1.83. The van der Waals surface area contributed by atoms with Crippen LogP contribution in [-0.4, -0.2) is 26.3 Å². The molecule has 1 fully saturated rings. The summed E-state index contributed by atoms with van der Waals surface area (Å²) in [6, 6.07) is 0. The average molecular weight is 269 g/mol. The normalized spacial score (nSPS) is 24.6. The van der Waals surface area contributed by atoms with E-state index in [9.17, 15) is 0 Å². The molecule has 0 aliphatic heterocycles. The monoisotopic (exact) mass is 269 g/mol. The Balaban J connectivity index is 1.98. The third kappa shape index (κ3) is 7.31. The van der Waals surface area contributed by atoms with Gasteiger partial charge in [-0.1, -0.05) is 34.1 Å². The van der Waals surface area contributed by atoms with Crippen LogP contribution in [0.3, 0.4) is 0 Å². The summed E-state index contributed by atoms with van der Waals surface area (Å²) in [5.41, 5.74) is 0.505. The van der Waals surface area contributed by atoms with Gasteiger partial charge in [-0.3, -0.25) is 0 Å². The van der Waals surface area contributed by atoms with Crippen molar-refractivity contribution < 1.29 is 4.74 Å². The van der Waals surface area contributed by atoms with Gasteiger partial charge in [0.15, 0.2) is 0 Å². The van der Waals surface area contributed by atoms with Crippen LogP contribution in [0.15, 0.2) is 0 Å². The van der Waals surface area contributed by atoms with E-state index in [-0.39, 0.29) is 0 Å². The SMILES string of the molecule is CCCCOCCNCC1CCC(C(C)(C)C)CC1. The first-order chi connectivity index (χ1) is 9.04. The van der Waals surface area contributed by atoms with Crippen molar-refractivity contribution in [2.75, 3.05) is 26.3 Å². The van der Waals surface area contributed by atoms with Crippen molar-refractivity contribution >= 4 is 0 Å². The van der Waals surface area contributed by atoms with E-state index in [1.165, 1.54) is 45.1 Å². The Kier molecular flexibility index (Phi) is 8.01. The molecule has 2 nitrogen and oxygen atoms in total. The minimum Gasteiger partial charge on any atom is -0.380 e. The summed E-state index contributed by atoms with van der Waals surface area (Å²) in [6.07, 6.45) is 8.07. The Morgan fingerprint density at radius 1 is 1.05 bits per heavy atom. The van der Waals surface area contributed by atoms with Crippen molar-refractivity contribution in [3.05, 3.63) is 0 Å². The zero-order chi connectivity index (χ0) is 14.1. The first-order valence-corrected chi connectivity index (χ1v) is 8.32. The molecular formula is C17H35NO. The van der Waals surface area contributed by atoms with Gasteiger partial charge in [0.2, 0.25) is 0 Å². The van der Waals surface area contributed by atoms with Crippen LogP contribution in [0.4, 0.5) is 0 Å². The van der Waals surface area contributed by atoms with Crippen LogP contribution in [0, 0.1) is 17.3 Å². The molecule has 19 heavy (non-hydrogen) atoms. The highest BCUT2D eigenvalue weighted by Crippen LogP contribution is 2.39. The quantitative estimate of drug-likeness (QED) is 0.665. The lowest BCUT2D eigenvalue weighted by atomic mass is 9.70. The molecule has 1 N–H and O–H groups in total. The number of ether oxygens (including phenoxy) is 1. The second-order valence-corrected chi connectivity index (χ2v) is 7.25. The zero-order valence-corrected chi connectivity index (χ0v) is 13.6. The third-order valence-electron chi connectivity index (χ3n) is 4.57. The summed E-state index contributed by atoms with van der Waals surface area (Å²) in [4.78, 5) is 0. The van der Waals surface area contributed by atoms with Crippen LogP contribution >= 0.6 is 0 Å². The smallest absolute Gasteiger partial charge is 0.0590 e. The van der Waals surface area contributed by atoms with E-state index in [1.54, 1.807) is 0 Å². The Morgan fingerprint density at radius 3 is 2.32 bits per heavy atom. The number of hydrogen-bond acceptors (Lipinski definition) is 2. The second kappa shape index (κ2) is 8.97. The van der Waals surface area contributed by atoms with Crippen LogP contribution < -0.4 is 5.32 Å². The molecule has 0 saturated heterocycles. The van der Waals surface area contributed by atoms with Gasteiger partial charge in [0.05, 0.1) is 6.61 Å². The maximum absolute atomic E-state index is 5.56. The maximum atomic E-state index is 5.56. The van der Waals surface area contributed by atoms with E-state index in [4.69, 9.17) is 4.74 Å². The van der Waals surface area contributed by atoms with Gasteiger partial charge >= 0.3 is 0 Å². The van der Waals surface area contributed by atoms with Gasteiger partial charge < -0.3 is 10.1 Å². The van der Waals surface area contributed by atoms with E-state index in [0.717, 1.165) is 31.6 Å². The van der Waals surface area contributed by atoms with Crippen LogP contribution in [0.1, 0.15) is 66.2 Å². The van der Waals surface area contributed by atoms with Gasteiger partial charge in [0, 0.05) is 13.2 Å². The van der Waals surface area contributed by atoms with E-state index in [2.05, 4.69) is 33.0 Å². The van der Waals surface area contributed by atoms with Gasteiger partial charge in [-0.25, -0.2) is 0 Å². The second-order valence-electron chi connectivity index (χ2n) is 7.25. The highest BCUT2D eigenvalue weighted by atomic mass is 16.5. The van der Waals surface area contributed by atoms with E-state index >= 15 is 0 Å². The number of rotatable bonds is 8. The Morgan fingerprint density at radius 2 is 1.74 bits per heavy atom. The summed E-state index contributed by atoms with van der Waals surface area (Å²) in [7, 11) is 0. The molecule has 2 heteroatoms. The van der Waals surface area contributed by atoms with Crippen LogP contribution in [0.2, 0.25) is 0 Å². The van der Waals surface area contributed by atoms with Gasteiger partial charge in [-0.15, -0.1) is 0 Å². The summed E-state index contributed by atoms with van der Waals surface area (Å²) in [5, 5.41) is 3.56. The summed E-state index contributed by atoms with van der Waals surface area (Å²) in [6.45, 7) is 13.4. The predicted octanol–water partition coefficient (Wildman–Crippen LogP) is 4.25. The molecule has 0 aromatic rings. The van der Waals surface area contributed by atoms with E-state index in [0.29, 0.717) is 5.41 Å². The largest absolute Gasteiger partial charge is 0.380 e. The maximum Gasteiger partial charge on any atom is 0.0590 e. The molecule has 0 aromatic heterocycles. The molecular weight excluding hydrogens is 234 g/mol. The summed E-state index contributed by atoms with van der Waals surface area (Å²) < 4.78 is 5.56. The predicted molar refractivity (Wildman–Crippen MR) is 83.5 cm³/mol. The molecule has 0 bridgehead atoms. The standard InChI is InChI=1S/C17H35NO/c1-5-6-12-19-13-11-18-14-15-7-9-16(10-8-15)17(2,3)4/h15-16,18H,5-14H2,1-4H3. The third-order valence-corrected chi connectivity index (χ3v) is 4.57. The first kappa shape index (κ1) is 17.0. The molecule has 1 aliphatic carbocycles. The number of nitrogens with one attached hydrogen (secondary N) is 1. The van der Waals surface area contributed by atoms with Crippen molar-refractivity contribution in [3.63, 3.8) is 0 Å². The Labute approximate surface area is 120 Å². The first-order valence-electron chi connectivity index (χ1n) is 8.32. The minimum absolute atomic E-state index is 0.505. The minimum atomic E-state index is 0.505. The fraction of sp³-hybridized carbons (Fsp3) is 1.00. The van der Waals surface area contributed by atoms with Crippen molar-refractivity contribution in [2.45, 2.75) is 66.2 Å². The number of unbranched alkanes of at least 4 members (excludes halogenated alkanes) is 1. The molecule has 0 amide bonds. The highest BCUT2D eigenvalue weighted by molar-refractivity contribution is 4.81. The van der Waals surface area contributed by atoms with E-state index < -0.39 is 0 Å². The Bertz CT molecular complexity index is 214. The van der Waals surface area contributed by atoms with Gasteiger partial charge in [-0.2, -0.15) is 0 Å². The van der Waals surface area contributed by atoms with Crippen LogP contribution in [0.5, 0.6) is 0 Å². The molecule has 0 spiro atoms. The van der Waals surface area contributed by atoms with Crippen molar-refractivity contribution in [1.29, 1.82) is 0 Å².